The quantitative estimate of drug-likeness (QED) is 0.610. The normalized spacial score (nSPS) is 12.7. The van der Waals surface area contributed by atoms with Crippen LogP contribution < -0.4 is 10.6 Å². The van der Waals surface area contributed by atoms with Crippen LogP contribution in [0.5, 0.6) is 0 Å². The monoisotopic (exact) mass is 435 g/mol. The lowest BCUT2D eigenvalue weighted by Gasteiger charge is -2.34. The Balaban J connectivity index is 3.26. The number of amides is 3. The van der Waals surface area contributed by atoms with Crippen molar-refractivity contribution in [2.75, 3.05) is 19.7 Å². The van der Waals surface area contributed by atoms with Gasteiger partial charge in [-0.1, -0.05) is 23.8 Å². The Labute approximate surface area is 185 Å². The summed E-state index contributed by atoms with van der Waals surface area (Å²) in [4.78, 5) is 39.6. The van der Waals surface area contributed by atoms with Gasteiger partial charge in [-0.15, -0.1) is 0 Å². The number of alkyl carbamates (subject to hydrolysis) is 1. The van der Waals surface area contributed by atoms with E-state index in [4.69, 9.17) is 4.74 Å². The number of aliphatic hydroxyl groups excluding tert-OH is 1. The zero-order chi connectivity index (χ0) is 24.0. The molecule has 0 aliphatic carbocycles. The second-order valence-electron chi connectivity index (χ2n) is 9.67. The molecule has 0 radical (unpaired) electrons. The zero-order valence-corrected chi connectivity index (χ0v) is 20.0. The van der Waals surface area contributed by atoms with Crippen LogP contribution in [0.3, 0.4) is 0 Å². The molecule has 1 atom stereocenters. The number of rotatable bonds is 7. The van der Waals surface area contributed by atoms with Gasteiger partial charge in [-0.05, 0) is 66.5 Å². The van der Waals surface area contributed by atoms with E-state index in [1.54, 1.807) is 20.8 Å². The van der Waals surface area contributed by atoms with Crippen molar-refractivity contribution in [2.24, 2.45) is 0 Å². The molecule has 31 heavy (non-hydrogen) atoms. The average molecular weight is 436 g/mol. The SMILES string of the molecule is Cc1ccc(C)c(C(C(=O)NC(C)(C)C)N(CCO)C(=O)CNC(=O)OC(C)(C)C)c1. The Hall–Kier alpha value is -2.61. The highest BCUT2D eigenvalue weighted by Gasteiger charge is 2.34. The van der Waals surface area contributed by atoms with Crippen LogP contribution in [0.1, 0.15) is 64.3 Å². The fourth-order valence-corrected chi connectivity index (χ4v) is 3.01. The highest BCUT2D eigenvalue weighted by Crippen LogP contribution is 2.26. The smallest absolute Gasteiger partial charge is 0.408 e. The fourth-order valence-electron chi connectivity index (χ4n) is 3.01. The van der Waals surface area contributed by atoms with Crippen molar-refractivity contribution >= 4 is 17.9 Å². The molecule has 0 bridgehead atoms. The zero-order valence-electron chi connectivity index (χ0n) is 20.0. The van der Waals surface area contributed by atoms with Gasteiger partial charge in [0.25, 0.3) is 0 Å². The summed E-state index contributed by atoms with van der Waals surface area (Å²) >= 11 is 0. The fraction of sp³-hybridized carbons (Fsp3) is 0.609. The average Bonchev–Trinajstić information content (AvgIpc) is 2.59. The third-order valence-electron chi connectivity index (χ3n) is 4.23. The molecule has 3 amide bonds. The molecule has 0 saturated heterocycles. The van der Waals surface area contributed by atoms with Crippen LogP contribution in [-0.4, -0.2) is 58.8 Å². The van der Waals surface area contributed by atoms with E-state index in [2.05, 4.69) is 10.6 Å². The highest BCUT2D eigenvalue weighted by atomic mass is 16.6. The molecule has 8 heteroatoms. The molecule has 0 aliphatic heterocycles. The first-order chi connectivity index (χ1) is 14.1. The molecule has 1 unspecified atom stereocenters. The maximum absolute atomic E-state index is 13.3. The van der Waals surface area contributed by atoms with Crippen molar-refractivity contribution in [3.8, 4) is 0 Å². The van der Waals surface area contributed by atoms with Crippen molar-refractivity contribution in [1.82, 2.24) is 15.5 Å². The van der Waals surface area contributed by atoms with Gasteiger partial charge >= 0.3 is 6.09 Å². The first-order valence-electron chi connectivity index (χ1n) is 10.4. The molecule has 0 spiro atoms. The molecule has 0 saturated carbocycles. The number of aliphatic hydroxyl groups is 1. The summed E-state index contributed by atoms with van der Waals surface area (Å²) in [5.74, 6) is -0.866. The summed E-state index contributed by atoms with van der Waals surface area (Å²) in [6.45, 7) is 13.7. The van der Waals surface area contributed by atoms with Gasteiger partial charge in [0.05, 0.1) is 6.61 Å². The van der Waals surface area contributed by atoms with E-state index < -0.39 is 29.2 Å². The number of nitrogens with one attached hydrogen (secondary N) is 2. The van der Waals surface area contributed by atoms with Crippen molar-refractivity contribution < 1.29 is 24.2 Å². The molecular weight excluding hydrogens is 398 g/mol. The molecule has 174 valence electrons. The first-order valence-corrected chi connectivity index (χ1v) is 10.4. The number of ether oxygens (including phenoxy) is 1. The molecule has 1 aromatic rings. The topological polar surface area (TPSA) is 108 Å². The van der Waals surface area contributed by atoms with E-state index in [9.17, 15) is 19.5 Å². The van der Waals surface area contributed by atoms with E-state index in [0.717, 1.165) is 11.1 Å². The van der Waals surface area contributed by atoms with Crippen LogP contribution in [0, 0.1) is 13.8 Å². The lowest BCUT2D eigenvalue weighted by Crippen LogP contribution is -2.52. The highest BCUT2D eigenvalue weighted by molar-refractivity contribution is 5.91. The maximum atomic E-state index is 13.3. The van der Waals surface area contributed by atoms with Crippen molar-refractivity contribution in [3.05, 3.63) is 34.9 Å². The summed E-state index contributed by atoms with van der Waals surface area (Å²) in [5, 5.41) is 15.0. The molecule has 0 aromatic heterocycles. The Morgan fingerprint density at radius 1 is 1.10 bits per heavy atom. The van der Waals surface area contributed by atoms with E-state index in [-0.39, 0.29) is 25.6 Å². The molecule has 0 fully saturated rings. The predicted octanol–water partition coefficient (Wildman–Crippen LogP) is 2.60. The minimum Gasteiger partial charge on any atom is -0.444 e. The van der Waals surface area contributed by atoms with Gasteiger partial charge < -0.3 is 25.4 Å². The maximum Gasteiger partial charge on any atom is 0.408 e. The van der Waals surface area contributed by atoms with Gasteiger partial charge in [0.1, 0.15) is 18.2 Å². The van der Waals surface area contributed by atoms with E-state index in [1.807, 2.05) is 52.8 Å². The second-order valence-corrected chi connectivity index (χ2v) is 9.67. The van der Waals surface area contributed by atoms with Gasteiger partial charge in [0.2, 0.25) is 11.8 Å². The Morgan fingerprint density at radius 2 is 1.71 bits per heavy atom. The minimum atomic E-state index is -0.959. The molecule has 0 aliphatic rings. The largest absolute Gasteiger partial charge is 0.444 e. The number of nitrogens with zero attached hydrogens (tertiary/aromatic N) is 1. The van der Waals surface area contributed by atoms with Gasteiger partial charge in [-0.25, -0.2) is 4.79 Å². The van der Waals surface area contributed by atoms with Crippen molar-refractivity contribution in [3.63, 3.8) is 0 Å². The Morgan fingerprint density at radius 3 is 2.23 bits per heavy atom. The minimum absolute atomic E-state index is 0.0650. The third kappa shape index (κ3) is 8.96. The first kappa shape index (κ1) is 26.4. The Bertz CT molecular complexity index is 793. The lowest BCUT2D eigenvalue weighted by molar-refractivity contribution is -0.141. The van der Waals surface area contributed by atoms with Crippen LogP contribution in [0.25, 0.3) is 0 Å². The molecular formula is C23H37N3O5. The molecule has 8 nitrogen and oxygen atoms in total. The summed E-state index contributed by atoms with van der Waals surface area (Å²) in [6, 6.07) is 4.73. The summed E-state index contributed by atoms with van der Waals surface area (Å²) < 4.78 is 5.17. The van der Waals surface area contributed by atoms with Gasteiger partial charge in [0, 0.05) is 12.1 Å². The van der Waals surface area contributed by atoms with Crippen LogP contribution in [0.2, 0.25) is 0 Å². The number of hydrogen-bond donors (Lipinski definition) is 3. The van der Waals surface area contributed by atoms with E-state index >= 15 is 0 Å². The van der Waals surface area contributed by atoms with Crippen LogP contribution in [0.4, 0.5) is 4.79 Å². The van der Waals surface area contributed by atoms with Gasteiger partial charge in [0.15, 0.2) is 0 Å². The number of hydrogen-bond acceptors (Lipinski definition) is 5. The molecule has 0 heterocycles. The number of aryl methyl sites for hydroxylation is 2. The van der Waals surface area contributed by atoms with Crippen LogP contribution in [0.15, 0.2) is 18.2 Å². The predicted molar refractivity (Wildman–Crippen MR) is 120 cm³/mol. The van der Waals surface area contributed by atoms with E-state index in [0.29, 0.717) is 5.56 Å². The standard InChI is InChI=1S/C23H37N3O5/c1-15-9-10-16(2)17(13-15)19(20(29)25-22(3,4)5)26(11-12-27)18(28)14-24-21(30)31-23(6,7)8/h9-10,13,19,27H,11-12,14H2,1-8H3,(H,24,30)(H,25,29). The van der Waals surface area contributed by atoms with Gasteiger partial charge in [-0.3, -0.25) is 9.59 Å². The molecule has 1 rings (SSSR count). The van der Waals surface area contributed by atoms with Crippen molar-refractivity contribution in [1.29, 1.82) is 0 Å². The van der Waals surface area contributed by atoms with Crippen LogP contribution in [-0.2, 0) is 14.3 Å². The molecule has 3 N–H and O–H groups in total. The number of carbonyl (C=O) groups excluding carboxylic acids is 3. The summed E-state index contributed by atoms with van der Waals surface area (Å²) in [6.07, 6.45) is -0.729. The van der Waals surface area contributed by atoms with Crippen LogP contribution >= 0.6 is 0 Å². The Kier molecular flexibility index (Phi) is 9.05. The number of carbonyl (C=O) groups is 3. The molecule has 1 aromatic carbocycles. The van der Waals surface area contributed by atoms with Gasteiger partial charge in [-0.2, -0.15) is 0 Å². The second kappa shape index (κ2) is 10.6. The summed E-state index contributed by atoms with van der Waals surface area (Å²) in [5.41, 5.74) is 1.23. The van der Waals surface area contributed by atoms with Crippen molar-refractivity contribution in [2.45, 2.75) is 72.6 Å². The van der Waals surface area contributed by atoms with E-state index in [1.165, 1.54) is 4.90 Å². The lowest BCUT2D eigenvalue weighted by atomic mass is 9.95. The third-order valence-corrected chi connectivity index (χ3v) is 4.23. The summed E-state index contributed by atoms with van der Waals surface area (Å²) in [7, 11) is 0. The number of benzene rings is 1.